The zero-order valence-electron chi connectivity index (χ0n) is 8.13. The third kappa shape index (κ3) is 2.48. The normalized spacial score (nSPS) is 26.9. The van der Waals surface area contributed by atoms with E-state index in [4.69, 9.17) is 0 Å². The number of hydrogen-bond donors (Lipinski definition) is 1. The van der Waals surface area contributed by atoms with Gasteiger partial charge >= 0.3 is 0 Å². The third-order valence-corrected chi connectivity index (χ3v) is 2.46. The van der Waals surface area contributed by atoms with Crippen molar-refractivity contribution in [1.29, 1.82) is 0 Å². The largest absolute Gasteiger partial charge is 0.348 e. The van der Waals surface area contributed by atoms with Gasteiger partial charge < -0.3 is 10.2 Å². The van der Waals surface area contributed by atoms with Gasteiger partial charge in [0.1, 0.15) is 0 Å². The molecule has 0 aliphatic heterocycles. The first kappa shape index (κ1) is 9.52. The molecule has 0 saturated heterocycles. The van der Waals surface area contributed by atoms with Gasteiger partial charge in [0.25, 0.3) is 0 Å². The van der Waals surface area contributed by atoms with Gasteiger partial charge in [0.05, 0.1) is 6.54 Å². The monoisotopic (exact) mass is 170 g/mol. The summed E-state index contributed by atoms with van der Waals surface area (Å²) in [5.41, 5.74) is 0. The minimum Gasteiger partial charge on any atom is -0.348 e. The topological polar surface area (TPSA) is 32.3 Å². The minimum atomic E-state index is 0.164. The standard InChI is InChI=1S/C9H18N2O/c1-4-7-5-8(7)10-6-9(12)11(2)3/h7-8,10H,4-6H2,1-3H3. The van der Waals surface area contributed by atoms with Crippen LogP contribution >= 0.6 is 0 Å². The average Bonchev–Trinajstić information content (AvgIpc) is 2.78. The molecule has 1 N–H and O–H groups in total. The van der Waals surface area contributed by atoms with E-state index in [9.17, 15) is 4.79 Å². The Morgan fingerprint density at radius 3 is 2.67 bits per heavy atom. The summed E-state index contributed by atoms with van der Waals surface area (Å²) in [7, 11) is 3.57. The summed E-state index contributed by atoms with van der Waals surface area (Å²) in [6, 6.07) is 0.610. The van der Waals surface area contributed by atoms with E-state index in [1.807, 2.05) is 0 Å². The lowest BCUT2D eigenvalue weighted by Crippen LogP contribution is -2.34. The Balaban J connectivity index is 2.07. The van der Waals surface area contributed by atoms with E-state index in [-0.39, 0.29) is 5.91 Å². The van der Waals surface area contributed by atoms with Crippen LogP contribution in [0, 0.1) is 5.92 Å². The van der Waals surface area contributed by atoms with Crippen LogP contribution in [0.4, 0.5) is 0 Å². The molecule has 1 aliphatic carbocycles. The van der Waals surface area contributed by atoms with Crippen molar-refractivity contribution in [2.75, 3.05) is 20.6 Å². The lowest BCUT2D eigenvalue weighted by atomic mass is 10.3. The summed E-state index contributed by atoms with van der Waals surface area (Å²) in [6.45, 7) is 2.69. The Labute approximate surface area is 74.1 Å². The fourth-order valence-electron chi connectivity index (χ4n) is 1.33. The number of carbonyl (C=O) groups is 1. The molecule has 2 unspecified atom stereocenters. The second kappa shape index (κ2) is 3.90. The molecule has 1 aliphatic rings. The molecule has 0 aromatic rings. The molecule has 1 fully saturated rings. The first-order chi connectivity index (χ1) is 5.65. The van der Waals surface area contributed by atoms with Crippen LogP contribution in [0.25, 0.3) is 0 Å². The van der Waals surface area contributed by atoms with E-state index in [2.05, 4.69) is 12.2 Å². The molecular formula is C9H18N2O. The highest BCUT2D eigenvalue weighted by atomic mass is 16.2. The highest BCUT2D eigenvalue weighted by Gasteiger charge is 2.34. The van der Waals surface area contributed by atoms with Gasteiger partial charge in [0.15, 0.2) is 0 Å². The molecule has 2 atom stereocenters. The van der Waals surface area contributed by atoms with E-state index < -0.39 is 0 Å². The highest BCUT2D eigenvalue weighted by molar-refractivity contribution is 5.77. The van der Waals surface area contributed by atoms with Crippen LogP contribution in [-0.2, 0) is 4.79 Å². The molecule has 70 valence electrons. The zero-order chi connectivity index (χ0) is 9.14. The van der Waals surface area contributed by atoms with Gasteiger partial charge in [-0.15, -0.1) is 0 Å². The van der Waals surface area contributed by atoms with Gasteiger partial charge in [-0.25, -0.2) is 0 Å². The lowest BCUT2D eigenvalue weighted by molar-refractivity contribution is -0.127. The molecule has 3 nitrogen and oxygen atoms in total. The summed E-state index contributed by atoms with van der Waals surface area (Å²) >= 11 is 0. The summed E-state index contributed by atoms with van der Waals surface area (Å²) in [5.74, 6) is 0.983. The number of carbonyl (C=O) groups excluding carboxylic acids is 1. The van der Waals surface area contributed by atoms with E-state index >= 15 is 0 Å². The molecule has 0 spiro atoms. The quantitative estimate of drug-likeness (QED) is 0.665. The second-order valence-electron chi connectivity index (χ2n) is 3.68. The maximum absolute atomic E-state index is 11.1. The Hall–Kier alpha value is -0.570. The van der Waals surface area contributed by atoms with Crippen LogP contribution in [0.3, 0.4) is 0 Å². The van der Waals surface area contributed by atoms with Gasteiger partial charge in [-0.3, -0.25) is 4.79 Å². The van der Waals surface area contributed by atoms with Crippen molar-refractivity contribution in [1.82, 2.24) is 10.2 Å². The van der Waals surface area contributed by atoms with Gasteiger partial charge in [-0.2, -0.15) is 0 Å². The van der Waals surface area contributed by atoms with Crippen molar-refractivity contribution in [2.45, 2.75) is 25.8 Å². The first-order valence-electron chi connectivity index (χ1n) is 4.58. The SMILES string of the molecule is CCC1CC1NCC(=O)N(C)C. The number of nitrogens with zero attached hydrogens (tertiary/aromatic N) is 1. The van der Waals surface area contributed by atoms with Crippen molar-refractivity contribution in [3.8, 4) is 0 Å². The fraction of sp³-hybridized carbons (Fsp3) is 0.889. The van der Waals surface area contributed by atoms with Crippen molar-refractivity contribution in [3.05, 3.63) is 0 Å². The van der Waals surface area contributed by atoms with E-state index in [1.54, 1.807) is 19.0 Å². The predicted octanol–water partition coefficient (Wildman–Crippen LogP) is 0.463. The van der Waals surface area contributed by atoms with Crippen LogP contribution in [0.2, 0.25) is 0 Å². The van der Waals surface area contributed by atoms with Gasteiger partial charge in [0, 0.05) is 20.1 Å². The molecule has 0 heterocycles. The molecule has 1 amide bonds. The molecule has 12 heavy (non-hydrogen) atoms. The van der Waals surface area contributed by atoms with Gasteiger partial charge in [-0.1, -0.05) is 13.3 Å². The molecule has 0 aromatic heterocycles. The van der Waals surface area contributed by atoms with Crippen LogP contribution in [0.15, 0.2) is 0 Å². The number of hydrogen-bond acceptors (Lipinski definition) is 2. The van der Waals surface area contributed by atoms with Crippen LogP contribution in [0.1, 0.15) is 19.8 Å². The van der Waals surface area contributed by atoms with Gasteiger partial charge in [-0.05, 0) is 12.3 Å². The van der Waals surface area contributed by atoms with E-state index in [1.165, 1.54) is 12.8 Å². The Morgan fingerprint density at radius 1 is 1.58 bits per heavy atom. The zero-order valence-corrected chi connectivity index (χ0v) is 8.13. The van der Waals surface area contributed by atoms with Crippen molar-refractivity contribution in [2.24, 2.45) is 5.92 Å². The number of rotatable bonds is 4. The molecular weight excluding hydrogens is 152 g/mol. The molecule has 1 rings (SSSR count). The molecule has 0 aromatic carbocycles. The smallest absolute Gasteiger partial charge is 0.236 e. The Morgan fingerprint density at radius 2 is 2.25 bits per heavy atom. The maximum Gasteiger partial charge on any atom is 0.236 e. The van der Waals surface area contributed by atoms with E-state index in [0.717, 1.165) is 5.92 Å². The average molecular weight is 170 g/mol. The van der Waals surface area contributed by atoms with Crippen molar-refractivity contribution < 1.29 is 4.79 Å². The summed E-state index contributed by atoms with van der Waals surface area (Å²) in [6.07, 6.45) is 2.48. The minimum absolute atomic E-state index is 0.164. The highest BCUT2D eigenvalue weighted by Crippen LogP contribution is 2.32. The number of likely N-dealkylation sites (N-methyl/N-ethyl adjacent to an activating group) is 1. The first-order valence-corrected chi connectivity index (χ1v) is 4.58. The second-order valence-corrected chi connectivity index (χ2v) is 3.68. The third-order valence-electron chi connectivity index (χ3n) is 2.46. The molecule has 1 saturated carbocycles. The lowest BCUT2D eigenvalue weighted by Gasteiger charge is -2.10. The molecule has 0 bridgehead atoms. The van der Waals surface area contributed by atoms with Crippen molar-refractivity contribution >= 4 is 5.91 Å². The summed E-state index contributed by atoms with van der Waals surface area (Å²) < 4.78 is 0. The summed E-state index contributed by atoms with van der Waals surface area (Å²) in [5, 5.41) is 3.25. The van der Waals surface area contributed by atoms with Crippen LogP contribution in [0.5, 0.6) is 0 Å². The van der Waals surface area contributed by atoms with Crippen LogP contribution in [-0.4, -0.2) is 37.5 Å². The summed E-state index contributed by atoms with van der Waals surface area (Å²) in [4.78, 5) is 12.8. The van der Waals surface area contributed by atoms with Gasteiger partial charge in [0.2, 0.25) is 5.91 Å². The fourth-order valence-corrected chi connectivity index (χ4v) is 1.33. The Bertz CT molecular complexity index is 168. The Kier molecular flexibility index (Phi) is 3.09. The number of amides is 1. The maximum atomic E-state index is 11.1. The van der Waals surface area contributed by atoms with Crippen molar-refractivity contribution in [3.63, 3.8) is 0 Å². The van der Waals surface area contributed by atoms with E-state index in [0.29, 0.717) is 12.6 Å². The number of nitrogens with one attached hydrogen (secondary N) is 1. The predicted molar refractivity (Wildman–Crippen MR) is 48.9 cm³/mol. The molecule has 0 radical (unpaired) electrons. The molecule has 3 heteroatoms. The van der Waals surface area contributed by atoms with Crippen LogP contribution < -0.4 is 5.32 Å².